The number of hydrogen-bond donors (Lipinski definition) is 1. The van der Waals surface area contributed by atoms with E-state index in [0.717, 1.165) is 42.2 Å². The quantitative estimate of drug-likeness (QED) is 0.861. The summed E-state index contributed by atoms with van der Waals surface area (Å²) >= 11 is 0. The fourth-order valence-electron chi connectivity index (χ4n) is 3.02. The van der Waals surface area contributed by atoms with Gasteiger partial charge in [0.05, 0.1) is 17.5 Å². The number of nitrogens with zero attached hydrogens (tertiary/aromatic N) is 4. The van der Waals surface area contributed by atoms with Gasteiger partial charge in [-0.2, -0.15) is 4.39 Å². The van der Waals surface area contributed by atoms with Crippen molar-refractivity contribution < 1.29 is 13.6 Å². The zero-order valence-electron chi connectivity index (χ0n) is 13.5. The molecule has 0 saturated heterocycles. The molecule has 1 N–H and O–H groups in total. The summed E-state index contributed by atoms with van der Waals surface area (Å²) in [6, 6.07) is 1.31. The normalized spacial score (nSPS) is 17.0. The van der Waals surface area contributed by atoms with Gasteiger partial charge in [0.1, 0.15) is 12.1 Å². The first-order valence-corrected chi connectivity index (χ1v) is 8.31. The molecule has 3 heterocycles. The summed E-state index contributed by atoms with van der Waals surface area (Å²) in [5.41, 5.74) is 1.61. The van der Waals surface area contributed by atoms with Gasteiger partial charge < -0.3 is 10.2 Å². The van der Waals surface area contributed by atoms with Crippen LogP contribution in [0.3, 0.4) is 0 Å². The van der Waals surface area contributed by atoms with Gasteiger partial charge in [0.15, 0.2) is 5.82 Å². The van der Waals surface area contributed by atoms with Crippen LogP contribution in [0, 0.1) is 11.8 Å². The largest absolute Gasteiger partial charge is 0.367 e. The summed E-state index contributed by atoms with van der Waals surface area (Å²) in [7, 11) is 0. The second kappa shape index (κ2) is 6.34. The Bertz CT molecular complexity index is 825. The average Bonchev–Trinajstić information content (AvgIpc) is 3.43. The molecule has 0 spiro atoms. The smallest absolute Gasteiger partial charge is 0.257 e. The van der Waals surface area contributed by atoms with E-state index in [1.807, 2.05) is 0 Å². The molecule has 6 nitrogen and oxygen atoms in total. The van der Waals surface area contributed by atoms with Crippen molar-refractivity contribution in [3.8, 4) is 0 Å². The molecule has 0 unspecified atom stereocenters. The highest BCUT2D eigenvalue weighted by atomic mass is 19.1. The zero-order chi connectivity index (χ0) is 17.4. The van der Waals surface area contributed by atoms with Crippen LogP contribution in [0.2, 0.25) is 0 Å². The number of carbonyl (C=O) groups is 1. The Hall–Kier alpha value is -2.64. The van der Waals surface area contributed by atoms with Gasteiger partial charge in [-0.1, -0.05) is 0 Å². The third kappa shape index (κ3) is 3.29. The maximum Gasteiger partial charge on any atom is 0.257 e. The van der Waals surface area contributed by atoms with E-state index in [1.54, 1.807) is 0 Å². The van der Waals surface area contributed by atoms with Crippen molar-refractivity contribution >= 4 is 11.7 Å². The molecule has 1 aliphatic heterocycles. The monoisotopic (exact) mass is 345 g/mol. The number of pyridine rings is 1. The number of nitrogens with one attached hydrogen (secondary N) is 1. The Labute approximate surface area is 143 Å². The molecule has 25 heavy (non-hydrogen) atoms. The molecule has 0 bridgehead atoms. The third-order valence-electron chi connectivity index (χ3n) is 4.54. The molecule has 1 fully saturated rings. The molecule has 1 saturated carbocycles. The first kappa shape index (κ1) is 15.9. The van der Waals surface area contributed by atoms with Crippen LogP contribution in [-0.4, -0.2) is 44.9 Å². The molecule has 2 aromatic rings. The number of halogens is 2. The number of carbonyl (C=O) groups excluding carboxylic acids is 1. The molecule has 2 aromatic heterocycles. The summed E-state index contributed by atoms with van der Waals surface area (Å²) in [5, 5.41) is 3.39. The van der Waals surface area contributed by atoms with Gasteiger partial charge in [0.2, 0.25) is 5.95 Å². The molecule has 130 valence electrons. The molecular formula is C17H17F2N5O. The molecule has 0 radical (unpaired) electrons. The minimum Gasteiger partial charge on any atom is -0.367 e. The van der Waals surface area contributed by atoms with Crippen LogP contribution in [0.15, 0.2) is 18.6 Å². The maximum absolute atomic E-state index is 13.8. The summed E-state index contributed by atoms with van der Waals surface area (Å²) in [4.78, 5) is 26.0. The van der Waals surface area contributed by atoms with Gasteiger partial charge in [-0.05, 0) is 19.3 Å². The van der Waals surface area contributed by atoms with Gasteiger partial charge in [0, 0.05) is 37.2 Å². The number of hydrogen-bond acceptors (Lipinski definition) is 5. The second-order valence-electron chi connectivity index (χ2n) is 6.35. The highest BCUT2D eigenvalue weighted by Crippen LogP contribution is 2.28. The predicted octanol–water partition coefficient (Wildman–Crippen LogP) is 1.97. The SMILES string of the molecule is O=C(c1cc(F)ncc1F)N1CCc2ncnc(NC3CC3)c2CC1. The Morgan fingerprint density at radius 2 is 1.96 bits per heavy atom. The number of fused-ring (bicyclic) bond motifs is 1. The minimum absolute atomic E-state index is 0.291. The predicted molar refractivity (Wildman–Crippen MR) is 86.1 cm³/mol. The van der Waals surface area contributed by atoms with E-state index in [9.17, 15) is 13.6 Å². The van der Waals surface area contributed by atoms with Crippen molar-refractivity contribution in [2.75, 3.05) is 18.4 Å². The Morgan fingerprint density at radius 1 is 1.16 bits per heavy atom. The van der Waals surface area contributed by atoms with E-state index in [4.69, 9.17) is 0 Å². The fourth-order valence-corrected chi connectivity index (χ4v) is 3.02. The van der Waals surface area contributed by atoms with Crippen molar-refractivity contribution in [1.82, 2.24) is 19.9 Å². The van der Waals surface area contributed by atoms with Crippen LogP contribution < -0.4 is 5.32 Å². The molecule has 0 aromatic carbocycles. The summed E-state index contributed by atoms with van der Waals surface area (Å²) < 4.78 is 27.1. The summed E-state index contributed by atoms with van der Waals surface area (Å²) in [6.07, 6.45) is 5.66. The Morgan fingerprint density at radius 3 is 2.76 bits per heavy atom. The van der Waals surface area contributed by atoms with Gasteiger partial charge >= 0.3 is 0 Å². The van der Waals surface area contributed by atoms with E-state index in [2.05, 4.69) is 20.3 Å². The van der Waals surface area contributed by atoms with Crippen LogP contribution in [0.25, 0.3) is 0 Å². The molecule has 8 heteroatoms. The fraction of sp³-hybridized carbons (Fsp3) is 0.412. The minimum atomic E-state index is -0.871. The number of rotatable bonds is 3. The van der Waals surface area contributed by atoms with Gasteiger partial charge in [-0.15, -0.1) is 0 Å². The number of anilines is 1. The second-order valence-corrected chi connectivity index (χ2v) is 6.35. The lowest BCUT2D eigenvalue weighted by atomic mass is 10.1. The van der Waals surface area contributed by atoms with Gasteiger partial charge in [0.25, 0.3) is 5.91 Å². The molecule has 4 rings (SSSR count). The lowest BCUT2D eigenvalue weighted by Crippen LogP contribution is -2.34. The summed E-state index contributed by atoms with van der Waals surface area (Å²) in [5.74, 6) is -1.40. The van der Waals surface area contributed by atoms with Crippen molar-refractivity contribution in [2.45, 2.75) is 31.7 Å². The number of amides is 1. The van der Waals surface area contributed by atoms with Crippen molar-refractivity contribution in [2.24, 2.45) is 0 Å². The zero-order valence-corrected chi connectivity index (χ0v) is 13.5. The van der Waals surface area contributed by atoms with Crippen LogP contribution in [0.4, 0.5) is 14.6 Å². The van der Waals surface area contributed by atoms with Crippen LogP contribution in [-0.2, 0) is 12.8 Å². The van der Waals surface area contributed by atoms with Crippen molar-refractivity contribution in [3.05, 3.63) is 47.2 Å². The van der Waals surface area contributed by atoms with E-state index in [-0.39, 0.29) is 5.56 Å². The first-order valence-electron chi connectivity index (χ1n) is 8.31. The lowest BCUT2D eigenvalue weighted by molar-refractivity contribution is 0.0757. The molecular weight excluding hydrogens is 328 g/mol. The maximum atomic E-state index is 13.8. The van der Waals surface area contributed by atoms with E-state index in [0.29, 0.717) is 32.0 Å². The molecule has 2 aliphatic rings. The standard InChI is InChI=1S/C17H17F2N5O/c18-13-8-20-15(19)7-12(13)17(25)24-5-3-11-14(4-6-24)21-9-22-16(11)23-10-1-2-10/h7-10H,1-6H2,(H,21,22,23). The van der Waals surface area contributed by atoms with E-state index in [1.165, 1.54) is 11.2 Å². The van der Waals surface area contributed by atoms with E-state index < -0.39 is 17.7 Å². The van der Waals surface area contributed by atoms with Crippen molar-refractivity contribution in [1.29, 1.82) is 0 Å². The van der Waals surface area contributed by atoms with Crippen molar-refractivity contribution in [3.63, 3.8) is 0 Å². The molecule has 1 amide bonds. The van der Waals surface area contributed by atoms with Crippen LogP contribution in [0.1, 0.15) is 34.5 Å². The Balaban J connectivity index is 1.55. The lowest BCUT2D eigenvalue weighted by Gasteiger charge is -2.20. The number of aromatic nitrogens is 3. The van der Waals surface area contributed by atoms with Crippen LogP contribution >= 0.6 is 0 Å². The third-order valence-corrected chi connectivity index (χ3v) is 4.54. The first-order chi connectivity index (χ1) is 12.1. The Kier molecular flexibility index (Phi) is 4.03. The topological polar surface area (TPSA) is 71.0 Å². The van der Waals surface area contributed by atoms with E-state index >= 15 is 0 Å². The van der Waals surface area contributed by atoms with Gasteiger partial charge in [-0.3, -0.25) is 4.79 Å². The molecule has 1 aliphatic carbocycles. The molecule has 0 atom stereocenters. The average molecular weight is 345 g/mol. The van der Waals surface area contributed by atoms with Crippen LogP contribution in [0.5, 0.6) is 0 Å². The van der Waals surface area contributed by atoms with Gasteiger partial charge in [-0.25, -0.2) is 19.3 Å². The highest BCUT2D eigenvalue weighted by molar-refractivity contribution is 5.94. The highest BCUT2D eigenvalue weighted by Gasteiger charge is 2.27. The summed E-state index contributed by atoms with van der Waals surface area (Å²) in [6.45, 7) is 0.803.